The maximum Gasteiger partial charge on any atom is 0.420 e. The average Bonchev–Trinajstić information content (AvgIpc) is 2.84. The summed E-state index contributed by atoms with van der Waals surface area (Å²) in [4.78, 5) is 26.8. The molecule has 0 aliphatic carbocycles. The smallest absolute Gasteiger partial charge is 0.408 e. The highest BCUT2D eigenvalue weighted by molar-refractivity contribution is 7.99. The van der Waals surface area contributed by atoms with Gasteiger partial charge in [0.05, 0.1) is 5.52 Å². The fraction of sp³-hybridized carbons (Fsp3) is 0.333. The lowest BCUT2D eigenvalue weighted by atomic mass is 10.0. The summed E-state index contributed by atoms with van der Waals surface area (Å²) in [5.74, 6) is 0.382. The summed E-state index contributed by atoms with van der Waals surface area (Å²) < 4.78 is 6.66. The van der Waals surface area contributed by atoms with Crippen molar-refractivity contribution in [3.05, 3.63) is 70.2 Å². The molecule has 0 spiro atoms. The zero-order valence-electron chi connectivity index (χ0n) is 15.3. The Morgan fingerprint density at radius 1 is 1.15 bits per heavy atom. The highest BCUT2D eigenvalue weighted by Gasteiger charge is 2.24. The number of aryl methyl sites for hydroxylation is 1. The summed E-state index contributed by atoms with van der Waals surface area (Å²) in [7, 11) is 0. The number of rotatable bonds is 3. The largest absolute Gasteiger partial charge is 0.420 e. The summed E-state index contributed by atoms with van der Waals surface area (Å²) in [6, 6.07) is 15.7. The van der Waals surface area contributed by atoms with Crippen LogP contribution in [0, 0.1) is 6.92 Å². The predicted molar refractivity (Wildman–Crippen MR) is 108 cm³/mol. The Kier molecular flexibility index (Phi) is 5.07. The molecule has 0 saturated carbocycles. The summed E-state index contributed by atoms with van der Waals surface area (Å²) in [6.07, 6.45) is 0.919. The van der Waals surface area contributed by atoms with Crippen LogP contribution in [-0.2, 0) is 11.3 Å². The summed E-state index contributed by atoms with van der Waals surface area (Å²) >= 11 is 1.91. The number of aromatic nitrogens is 1. The van der Waals surface area contributed by atoms with Gasteiger partial charge in [-0.1, -0.05) is 36.4 Å². The van der Waals surface area contributed by atoms with Crippen molar-refractivity contribution in [3.63, 3.8) is 0 Å². The molecule has 1 fully saturated rings. The van der Waals surface area contributed by atoms with E-state index in [2.05, 4.69) is 31.2 Å². The van der Waals surface area contributed by atoms with E-state index in [1.54, 1.807) is 12.1 Å². The quantitative estimate of drug-likeness (QED) is 0.694. The summed E-state index contributed by atoms with van der Waals surface area (Å²) in [6.45, 7) is 3.57. The number of carbonyl (C=O) groups excluding carboxylic acids is 1. The Morgan fingerprint density at radius 2 is 1.93 bits per heavy atom. The minimum Gasteiger partial charge on any atom is -0.408 e. The van der Waals surface area contributed by atoms with Gasteiger partial charge >= 0.3 is 5.76 Å². The lowest BCUT2D eigenvalue weighted by Crippen LogP contribution is -2.37. The van der Waals surface area contributed by atoms with Gasteiger partial charge in [-0.2, -0.15) is 11.8 Å². The first kappa shape index (κ1) is 17.9. The number of para-hydroxylation sites is 2. The molecule has 5 nitrogen and oxygen atoms in total. The number of carbonyl (C=O) groups is 1. The molecule has 0 N–H and O–H groups in total. The normalized spacial score (nSPS) is 17.8. The second-order valence-electron chi connectivity index (χ2n) is 6.81. The van der Waals surface area contributed by atoms with Crippen LogP contribution < -0.4 is 5.76 Å². The molecule has 1 saturated heterocycles. The molecule has 2 heterocycles. The van der Waals surface area contributed by atoms with Gasteiger partial charge in [0.1, 0.15) is 6.54 Å². The number of nitrogens with zero attached hydrogens (tertiary/aromatic N) is 2. The van der Waals surface area contributed by atoms with Gasteiger partial charge in [-0.3, -0.25) is 9.36 Å². The van der Waals surface area contributed by atoms with Gasteiger partial charge in [0, 0.05) is 24.1 Å². The van der Waals surface area contributed by atoms with Crippen molar-refractivity contribution in [1.29, 1.82) is 0 Å². The van der Waals surface area contributed by atoms with E-state index in [9.17, 15) is 9.59 Å². The fourth-order valence-electron chi connectivity index (χ4n) is 3.62. The van der Waals surface area contributed by atoms with Crippen molar-refractivity contribution in [1.82, 2.24) is 9.47 Å². The van der Waals surface area contributed by atoms with Crippen LogP contribution in [-0.4, -0.2) is 34.2 Å². The number of benzene rings is 2. The number of thioether (sulfide) groups is 1. The number of oxazole rings is 1. The van der Waals surface area contributed by atoms with Gasteiger partial charge < -0.3 is 9.32 Å². The Morgan fingerprint density at radius 3 is 2.78 bits per heavy atom. The minimum absolute atomic E-state index is 0.0234. The van der Waals surface area contributed by atoms with Crippen molar-refractivity contribution in [2.45, 2.75) is 25.1 Å². The van der Waals surface area contributed by atoms with E-state index in [0.717, 1.165) is 12.2 Å². The summed E-state index contributed by atoms with van der Waals surface area (Å²) in [5.41, 5.74) is 3.83. The molecular weight excluding hydrogens is 360 g/mol. The summed E-state index contributed by atoms with van der Waals surface area (Å²) in [5, 5.41) is 0.404. The number of amides is 1. The first-order valence-electron chi connectivity index (χ1n) is 9.17. The molecular formula is C21H22N2O3S. The standard InChI is InChI=1S/C21H22N2O3S/c1-15-6-2-3-7-16(15)19-10-11-22(12-13-27-19)20(24)14-23-17-8-4-5-9-18(17)26-21(23)25/h2-9,19H,10-14H2,1H3/t19-/m1/s1. The van der Waals surface area contributed by atoms with E-state index in [4.69, 9.17) is 4.42 Å². The molecule has 2 aromatic carbocycles. The first-order chi connectivity index (χ1) is 13.1. The molecule has 1 aromatic heterocycles. The third kappa shape index (κ3) is 3.67. The molecule has 0 bridgehead atoms. The molecule has 0 radical (unpaired) electrons. The van der Waals surface area contributed by atoms with Crippen LogP contribution in [0.3, 0.4) is 0 Å². The van der Waals surface area contributed by atoms with Gasteiger partial charge in [-0.15, -0.1) is 0 Å². The van der Waals surface area contributed by atoms with Crippen molar-refractivity contribution < 1.29 is 9.21 Å². The fourth-order valence-corrected chi connectivity index (χ4v) is 4.94. The predicted octanol–water partition coefficient (Wildman–Crippen LogP) is 3.61. The van der Waals surface area contributed by atoms with Crippen LogP contribution in [0.4, 0.5) is 0 Å². The molecule has 1 aliphatic rings. The molecule has 0 unspecified atom stereocenters. The zero-order valence-corrected chi connectivity index (χ0v) is 16.1. The third-order valence-electron chi connectivity index (χ3n) is 5.10. The number of hydrogen-bond donors (Lipinski definition) is 0. The Labute approximate surface area is 162 Å². The molecule has 1 amide bonds. The minimum atomic E-state index is -0.480. The van der Waals surface area contributed by atoms with Crippen molar-refractivity contribution >= 4 is 28.8 Å². The Hall–Kier alpha value is -2.47. The van der Waals surface area contributed by atoms with Crippen molar-refractivity contribution in [2.75, 3.05) is 18.8 Å². The van der Waals surface area contributed by atoms with E-state index < -0.39 is 5.76 Å². The van der Waals surface area contributed by atoms with Gasteiger partial charge in [-0.25, -0.2) is 4.79 Å². The number of fused-ring (bicyclic) bond motifs is 1. The van der Waals surface area contributed by atoms with Crippen molar-refractivity contribution in [3.8, 4) is 0 Å². The zero-order chi connectivity index (χ0) is 18.8. The van der Waals surface area contributed by atoms with E-state index in [-0.39, 0.29) is 12.5 Å². The molecule has 4 rings (SSSR count). The van der Waals surface area contributed by atoms with Crippen LogP contribution >= 0.6 is 11.8 Å². The van der Waals surface area contributed by atoms with E-state index in [1.165, 1.54) is 15.7 Å². The molecule has 1 atom stereocenters. The van der Waals surface area contributed by atoms with Crippen LogP contribution in [0.2, 0.25) is 0 Å². The van der Waals surface area contributed by atoms with Gasteiger partial charge in [0.15, 0.2) is 5.58 Å². The molecule has 1 aliphatic heterocycles. The van der Waals surface area contributed by atoms with E-state index in [1.807, 2.05) is 28.8 Å². The maximum absolute atomic E-state index is 12.8. The molecule has 3 aromatic rings. The number of hydrogen-bond acceptors (Lipinski definition) is 4. The van der Waals surface area contributed by atoms with Crippen LogP contribution in [0.1, 0.15) is 22.8 Å². The van der Waals surface area contributed by atoms with Crippen LogP contribution in [0.15, 0.2) is 57.7 Å². The first-order valence-corrected chi connectivity index (χ1v) is 10.2. The molecule has 6 heteroatoms. The lowest BCUT2D eigenvalue weighted by molar-refractivity contribution is -0.131. The maximum atomic E-state index is 12.8. The highest BCUT2D eigenvalue weighted by Crippen LogP contribution is 2.35. The van der Waals surface area contributed by atoms with Crippen LogP contribution in [0.5, 0.6) is 0 Å². The molecule has 140 valence electrons. The average molecular weight is 382 g/mol. The Balaban J connectivity index is 1.48. The van der Waals surface area contributed by atoms with Gasteiger partial charge in [-0.05, 0) is 36.6 Å². The molecule has 27 heavy (non-hydrogen) atoms. The second kappa shape index (κ2) is 7.64. The highest BCUT2D eigenvalue weighted by atomic mass is 32.2. The van der Waals surface area contributed by atoms with Gasteiger partial charge in [0.2, 0.25) is 5.91 Å². The van der Waals surface area contributed by atoms with E-state index in [0.29, 0.717) is 29.4 Å². The SMILES string of the molecule is Cc1ccccc1[C@H]1CCN(C(=O)Cn2c(=O)oc3ccccc32)CCS1. The lowest BCUT2D eigenvalue weighted by Gasteiger charge is -2.20. The topological polar surface area (TPSA) is 55.5 Å². The van der Waals surface area contributed by atoms with Crippen molar-refractivity contribution in [2.24, 2.45) is 0 Å². The third-order valence-corrected chi connectivity index (χ3v) is 6.41. The van der Waals surface area contributed by atoms with Gasteiger partial charge in [0.25, 0.3) is 0 Å². The monoisotopic (exact) mass is 382 g/mol. The van der Waals surface area contributed by atoms with Crippen LogP contribution in [0.25, 0.3) is 11.1 Å². The second-order valence-corrected chi connectivity index (χ2v) is 8.12. The Bertz CT molecular complexity index is 1020. The van der Waals surface area contributed by atoms with E-state index >= 15 is 0 Å².